The summed E-state index contributed by atoms with van der Waals surface area (Å²) >= 11 is 16.2. The number of aromatic nitrogens is 2. The second kappa shape index (κ2) is 5.52. The zero-order valence-electron chi connectivity index (χ0n) is 11.0. The molecule has 0 amide bonds. The Morgan fingerprint density at radius 2 is 1.76 bits per heavy atom. The van der Waals surface area contributed by atoms with Gasteiger partial charge in [0.15, 0.2) is 0 Å². The largest absolute Gasteiger partial charge is 0.323 e. The highest BCUT2D eigenvalue weighted by atomic mass is 79.9. The zero-order valence-corrected chi connectivity index (χ0v) is 14.1. The van der Waals surface area contributed by atoms with Crippen LogP contribution in [-0.2, 0) is 0 Å². The molecule has 6 heteroatoms. The molecule has 0 saturated heterocycles. The molecule has 1 heterocycles. The van der Waals surface area contributed by atoms with Gasteiger partial charge in [-0.1, -0.05) is 33.6 Å². The van der Waals surface area contributed by atoms with Crippen LogP contribution in [0.2, 0.25) is 5.02 Å². The summed E-state index contributed by atoms with van der Waals surface area (Å²) in [6, 6.07) is 9.36. The molecular weight excluding hydrogens is 375 g/mol. The van der Waals surface area contributed by atoms with Crippen LogP contribution in [0.25, 0.3) is 11.0 Å². The van der Waals surface area contributed by atoms with Crippen LogP contribution in [0.5, 0.6) is 0 Å². The summed E-state index contributed by atoms with van der Waals surface area (Å²) in [6.45, 7) is 1.99. The fraction of sp³-hybridized carbons (Fsp3) is 0.133. The smallest absolute Gasteiger partial charge is 0.306 e. The SMILES string of the molecule is Cc1ccc(Cl)cc1C(Cl)c1cc2[nH]c(=O)[nH]c2cc1Br. The molecule has 0 aliphatic carbocycles. The first kappa shape index (κ1) is 14.7. The standard InChI is InChI=1S/C15H11BrCl2N2O/c1-7-2-3-8(17)4-9(7)14(18)10-5-12-13(6-11(10)16)20-15(21)19-12/h2-6,14H,1H3,(H2,19,20,21). The van der Waals surface area contributed by atoms with Crippen molar-refractivity contribution in [2.75, 3.05) is 0 Å². The minimum absolute atomic E-state index is 0.237. The highest BCUT2D eigenvalue weighted by molar-refractivity contribution is 9.10. The molecular formula is C15H11BrCl2N2O. The van der Waals surface area contributed by atoms with E-state index in [-0.39, 0.29) is 11.1 Å². The maximum absolute atomic E-state index is 11.4. The molecule has 1 unspecified atom stereocenters. The molecule has 3 aromatic rings. The molecule has 0 fully saturated rings. The van der Waals surface area contributed by atoms with Gasteiger partial charge in [-0.3, -0.25) is 0 Å². The van der Waals surface area contributed by atoms with Crippen LogP contribution >= 0.6 is 39.1 Å². The summed E-state index contributed by atoms with van der Waals surface area (Å²) < 4.78 is 0.838. The number of fused-ring (bicyclic) bond motifs is 1. The third-order valence-corrected chi connectivity index (χ3v) is 4.81. The minimum Gasteiger partial charge on any atom is -0.306 e. The van der Waals surface area contributed by atoms with Gasteiger partial charge in [-0.05, 0) is 47.9 Å². The lowest BCUT2D eigenvalue weighted by Crippen LogP contribution is -1.99. The number of benzene rings is 2. The predicted octanol–water partition coefficient (Wildman–Crippen LogP) is 4.91. The summed E-state index contributed by atoms with van der Waals surface area (Å²) in [6.07, 6.45) is 0. The van der Waals surface area contributed by atoms with Gasteiger partial charge in [0, 0.05) is 9.50 Å². The molecule has 2 N–H and O–H groups in total. The number of nitrogens with one attached hydrogen (secondary N) is 2. The van der Waals surface area contributed by atoms with Gasteiger partial charge in [0.05, 0.1) is 16.4 Å². The van der Waals surface area contributed by atoms with Gasteiger partial charge in [-0.2, -0.15) is 0 Å². The Balaban J connectivity index is 2.16. The van der Waals surface area contributed by atoms with Gasteiger partial charge in [-0.25, -0.2) is 4.79 Å². The summed E-state index contributed by atoms with van der Waals surface area (Å²) in [5, 5.41) is 0.286. The highest BCUT2D eigenvalue weighted by Gasteiger charge is 2.18. The first-order valence-corrected chi connectivity index (χ1v) is 7.88. The van der Waals surface area contributed by atoms with Crippen LogP contribution in [-0.4, -0.2) is 9.97 Å². The van der Waals surface area contributed by atoms with Crippen LogP contribution in [0.3, 0.4) is 0 Å². The molecule has 2 aromatic carbocycles. The predicted molar refractivity (Wildman–Crippen MR) is 90.5 cm³/mol. The Morgan fingerprint density at radius 1 is 1.10 bits per heavy atom. The molecule has 108 valence electrons. The molecule has 0 bridgehead atoms. The van der Waals surface area contributed by atoms with Crippen LogP contribution in [0.1, 0.15) is 22.1 Å². The summed E-state index contributed by atoms with van der Waals surface area (Å²) in [7, 11) is 0. The van der Waals surface area contributed by atoms with Crippen LogP contribution in [0.4, 0.5) is 0 Å². The first-order chi connectivity index (χ1) is 9.95. The van der Waals surface area contributed by atoms with Crippen molar-refractivity contribution in [2.45, 2.75) is 12.3 Å². The molecule has 3 nitrogen and oxygen atoms in total. The monoisotopic (exact) mass is 384 g/mol. The first-order valence-electron chi connectivity index (χ1n) is 6.27. The maximum atomic E-state index is 11.4. The molecule has 0 aliphatic heterocycles. The van der Waals surface area contributed by atoms with E-state index in [0.29, 0.717) is 5.02 Å². The fourth-order valence-electron chi connectivity index (χ4n) is 2.32. The zero-order chi connectivity index (χ0) is 15.1. The van der Waals surface area contributed by atoms with E-state index in [1.165, 1.54) is 0 Å². The number of hydrogen-bond acceptors (Lipinski definition) is 1. The van der Waals surface area contributed by atoms with E-state index >= 15 is 0 Å². The van der Waals surface area contributed by atoms with Gasteiger partial charge in [-0.15, -0.1) is 11.6 Å². The van der Waals surface area contributed by atoms with Gasteiger partial charge < -0.3 is 9.97 Å². The van der Waals surface area contributed by atoms with Gasteiger partial charge in [0.2, 0.25) is 0 Å². The van der Waals surface area contributed by atoms with E-state index < -0.39 is 0 Å². The third-order valence-electron chi connectivity index (χ3n) is 3.42. The average Bonchev–Trinajstić information content (AvgIpc) is 2.79. The van der Waals surface area contributed by atoms with Gasteiger partial charge in [0.1, 0.15) is 0 Å². The van der Waals surface area contributed by atoms with Crippen LogP contribution in [0, 0.1) is 6.92 Å². The number of aromatic amines is 2. The second-order valence-electron chi connectivity index (χ2n) is 4.86. The van der Waals surface area contributed by atoms with Crippen LogP contribution < -0.4 is 5.69 Å². The quantitative estimate of drug-likeness (QED) is 0.605. The van der Waals surface area contributed by atoms with Crippen molar-refractivity contribution in [2.24, 2.45) is 0 Å². The lowest BCUT2D eigenvalue weighted by molar-refractivity contribution is 1.10. The Hall–Kier alpha value is -1.23. The Labute approximate surface area is 139 Å². The maximum Gasteiger partial charge on any atom is 0.323 e. The van der Waals surface area contributed by atoms with E-state index in [2.05, 4.69) is 25.9 Å². The molecule has 0 aliphatic rings. The van der Waals surface area contributed by atoms with Crippen molar-refractivity contribution in [1.82, 2.24) is 9.97 Å². The third kappa shape index (κ3) is 2.76. The number of aryl methyl sites for hydroxylation is 1. The number of H-pyrrole nitrogens is 2. The van der Waals surface area contributed by atoms with Crippen molar-refractivity contribution < 1.29 is 0 Å². The lowest BCUT2D eigenvalue weighted by atomic mass is 9.99. The van der Waals surface area contributed by atoms with E-state index in [0.717, 1.165) is 32.2 Å². The number of hydrogen-bond donors (Lipinski definition) is 2. The average molecular weight is 386 g/mol. The van der Waals surface area contributed by atoms with Crippen molar-refractivity contribution in [3.8, 4) is 0 Å². The van der Waals surface area contributed by atoms with Crippen molar-refractivity contribution >= 4 is 50.2 Å². The Bertz CT molecular complexity index is 885. The van der Waals surface area contributed by atoms with Gasteiger partial charge >= 0.3 is 5.69 Å². The Morgan fingerprint density at radius 3 is 2.48 bits per heavy atom. The molecule has 0 saturated carbocycles. The summed E-state index contributed by atoms with van der Waals surface area (Å²) in [5.41, 5.74) is 4.12. The van der Waals surface area contributed by atoms with Crippen LogP contribution in [0.15, 0.2) is 39.6 Å². The lowest BCUT2D eigenvalue weighted by Gasteiger charge is -2.15. The van der Waals surface area contributed by atoms with E-state index in [1.807, 2.05) is 37.3 Å². The number of imidazole rings is 1. The number of halogens is 3. The molecule has 0 spiro atoms. The second-order valence-corrected chi connectivity index (χ2v) is 6.59. The summed E-state index contributed by atoms with van der Waals surface area (Å²) in [5.74, 6) is 0. The van der Waals surface area contributed by atoms with Gasteiger partial charge in [0.25, 0.3) is 0 Å². The van der Waals surface area contributed by atoms with E-state index in [4.69, 9.17) is 23.2 Å². The fourth-order valence-corrected chi connectivity index (χ4v) is 3.62. The molecule has 1 atom stereocenters. The topological polar surface area (TPSA) is 48.6 Å². The summed E-state index contributed by atoms with van der Waals surface area (Å²) in [4.78, 5) is 16.8. The number of rotatable bonds is 2. The van der Waals surface area contributed by atoms with Crippen molar-refractivity contribution in [1.29, 1.82) is 0 Å². The van der Waals surface area contributed by atoms with Crippen molar-refractivity contribution in [3.63, 3.8) is 0 Å². The Kier molecular flexibility index (Phi) is 3.86. The van der Waals surface area contributed by atoms with E-state index in [1.54, 1.807) is 0 Å². The van der Waals surface area contributed by atoms with E-state index in [9.17, 15) is 4.79 Å². The molecule has 1 aromatic heterocycles. The highest BCUT2D eigenvalue weighted by Crippen LogP contribution is 2.37. The molecule has 3 rings (SSSR count). The number of alkyl halides is 1. The van der Waals surface area contributed by atoms with Crippen molar-refractivity contribution in [3.05, 3.63) is 67.0 Å². The molecule has 0 radical (unpaired) electrons. The molecule has 21 heavy (non-hydrogen) atoms. The normalized spacial score (nSPS) is 12.8. The minimum atomic E-state index is -0.360.